The first-order valence-corrected chi connectivity index (χ1v) is 13.8. The van der Waals surface area contributed by atoms with E-state index < -0.39 is 18.3 Å². The summed E-state index contributed by atoms with van der Waals surface area (Å²) in [4.78, 5) is 0. The summed E-state index contributed by atoms with van der Waals surface area (Å²) in [6.07, 6.45) is 6.01. The molecular weight excluding hydrogens is 419 g/mol. The van der Waals surface area contributed by atoms with Crippen molar-refractivity contribution in [2.45, 2.75) is 87.9 Å². The maximum absolute atomic E-state index is 7.24. The molecule has 2 nitrogen and oxygen atoms in total. The van der Waals surface area contributed by atoms with Gasteiger partial charge in [0.1, 0.15) is 11.4 Å². The largest absolute Gasteiger partial charge is 0.497 e. The second kappa shape index (κ2) is 9.34. The van der Waals surface area contributed by atoms with Gasteiger partial charge in [-0.05, 0) is 47.2 Å². The fourth-order valence-corrected chi connectivity index (χ4v) is 11.8. The Labute approximate surface area is 189 Å². The summed E-state index contributed by atoms with van der Waals surface area (Å²) in [6, 6.07) is 8.14. The number of halogens is 2. The second-order valence-corrected chi connectivity index (χ2v) is 16.0. The van der Waals surface area contributed by atoms with Gasteiger partial charge < -0.3 is 9.16 Å². The summed E-state index contributed by atoms with van der Waals surface area (Å²) < 4.78 is 11.7. The van der Waals surface area contributed by atoms with Crippen LogP contribution in [-0.4, -0.2) is 25.4 Å². The van der Waals surface area contributed by atoms with Crippen molar-refractivity contribution in [2.75, 3.05) is 7.11 Å². The first-order chi connectivity index (χ1) is 13.5. The summed E-state index contributed by atoms with van der Waals surface area (Å²) >= 11 is 14.0. The smallest absolute Gasteiger partial charge is 0.201 e. The van der Waals surface area contributed by atoms with Gasteiger partial charge in [0.05, 0.1) is 7.11 Å². The lowest BCUT2D eigenvalue weighted by atomic mass is 10.1. The minimum atomic E-state index is -2.16. The quantitative estimate of drug-likeness (QED) is 0.202. The molecule has 0 radical (unpaired) electrons. The zero-order valence-electron chi connectivity index (χ0n) is 19.3. The highest BCUT2D eigenvalue weighted by molar-refractivity contribution is 6.78. The SMILES string of the molecule is CC/C=C/[C@]1(O[Si](C(C)C)(C(C)C)C(C)C)[C@@H](Cc2cccc(OC)c2)C1(Cl)Cl. The Morgan fingerprint density at radius 3 is 2.14 bits per heavy atom. The minimum absolute atomic E-state index is 0.0105. The summed E-state index contributed by atoms with van der Waals surface area (Å²) in [6.45, 7) is 15.9. The van der Waals surface area contributed by atoms with Crippen molar-refractivity contribution in [1.82, 2.24) is 0 Å². The Balaban J connectivity index is 2.47. The Morgan fingerprint density at radius 2 is 1.66 bits per heavy atom. The van der Waals surface area contributed by atoms with E-state index in [0.29, 0.717) is 16.6 Å². The van der Waals surface area contributed by atoms with E-state index in [4.69, 9.17) is 32.4 Å². The molecule has 0 N–H and O–H groups in total. The first-order valence-electron chi connectivity index (χ1n) is 10.9. The number of alkyl halides is 2. The molecule has 1 aliphatic rings. The second-order valence-electron chi connectivity index (χ2n) is 9.25. The predicted molar refractivity (Wildman–Crippen MR) is 129 cm³/mol. The van der Waals surface area contributed by atoms with Gasteiger partial charge in [-0.15, -0.1) is 0 Å². The van der Waals surface area contributed by atoms with Gasteiger partial charge >= 0.3 is 0 Å². The number of ether oxygens (including phenoxy) is 1. The molecule has 0 saturated heterocycles. The molecule has 1 saturated carbocycles. The Kier molecular flexibility index (Phi) is 7.98. The molecule has 1 aromatic carbocycles. The Hall–Kier alpha value is -0.483. The molecule has 1 aliphatic carbocycles. The van der Waals surface area contributed by atoms with Crippen molar-refractivity contribution in [3.8, 4) is 5.75 Å². The lowest BCUT2D eigenvalue weighted by Crippen LogP contribution is -2.52. The number of hydrogen-bond acceptors (Lipinski definition) is 2. The molecule has 164 valence electrons. The van der Waals surface area contributed by atoms with Gasteiger partial charge in [0.15, 0.2) is 4.33 Å². The van der Waals surface area contributed by atoms with Crippen molar-refractivity contribution >= 4 is 31.5 Å². The summed E-state index contributed by atoms with van der Waals surface area (Å²) in [5.41, 5.74) is 1.94. The number of benzene rings is 1. The fraction of sp³-hybridized carbons (Fsp3) is 0.667. The van der Waals surface area contributed by atoms with Gasteiger partial charge in [-0.3, -0.25) is 0 Å². The van der Waals surface area contributed by atoms with Crippen LogP contribution in [0.15, 0.2) is 36.4 Å². The molecule has 0 heterocycles. The average molecular weight is 458 g/mol. The van der Waals surface area contributed by atoms with Crippen LogP contribution < -0.4 is 4.74 Å². The van der Waals surface area contributed by atoms with E-state index in [-0.39, 0.29) is 5.92 Å². The molecule has 1 aromatic rings. The van der Waals surface area contributed by atoms with Gasteiger partial charge in [-0.2, -0.15) is 0 Å². The lowest BCUT2D eigenvalue weighted by molar-refractivity contribution is 0.177. The topological polar surface area (TPSA) is 18.5 Å². The van der Waals surface area contributed by atoms with Crippen LogP contribution in [0.2, 0.25) is 16.6 Å². The van der Waals surface area contributed by atoms with Gasteiger partial charge in [-0.1, -0.05) is 96.0 Å². The average Bonchev–Trinajstić information content (AvgIpc) is 3.10. The number of methoxy groups -OCH3 is 1. The molecule has 0 aromatic heterocycles. The van der Waals surface area contributed by atoms with E-state index in [1.807, 2.05) is 12.1 Å². The van der Waals surface area contributed by atoms with E-state index in [9.17, 15) is 0 Å². The van der Waals surface area contributed by atoms with Crippen molar-refractivity contribution in [1.29, 1.82) is 0 Å². The molecule has 0 bridgehead atoms. The fourth-order valence-electron chi connectivity index (χ4n) is 5.12. The lowest BCUT2D eigenvalue weighted by Gasteiger charge is -2.45. The van der Waals surface area contributed by atoms with Crippen molar-refractivity contribution in [2.24, 2.45) is 5.92 Å². The minimum Gasteiger partial charge on any atom is -0.497 e. The first kappa shape index (κ1) is 24.8. The standard InChI is InChI=1S/C24H38Cl2O2Si/c1-9-10-14-23(28-29(17(2)3,18(4)5)19(6)7)22(24(23,25)26)16-20-12-11-13-21(15-20)27-8/h10-15,17-19,22H,9,16H2,1-8H3/b14-10+/t22-,23+/m1/s1. The monoisotopic (exact) mass is 456 g/mol. The third kappa shape index (κ3) is 4.44. The van der Waals surface area contributed by atoms with E-state index in [0.717, 1.165) is 18.6 Å². The third-order valence-electron chi connectivity index (χ3n) is 6.62. The molecule has 5 heteroatoms. The van der Waals surface area contributed by atoms with E-state index >= 15 is 0 Å². The maximum Gasteiger partial charge on any atom is 0.201 e. The molecule has 2 atom stereocenters. The number of rotatable bonds is 10. The van der Waals surface area contributed by atoms with Gasteiger partial charge in [0.25, 0.3) is 0 Å². The van der Waals surface area contributed by atoms with Gasteiger partial charge in [-0.25, -0.2) is 0 Å². The van der Waals surface area contributed by atoms with Crippen LogP contribution in [0.3, 0.4) is 0 Å². The number of allylic oxidation sites excluding steroid dienone is 1. The van der Waals surface area contributed by atoms with E-state index in [2.05, 4.69) is 72.8 Å². The maximum atomic E-state index is 7.24. The normalized spacial score (nSPS) is 24.1. The zero-order valence-corrected chi connectivity index (χ0v) is 21.8. The van der Waals surface area contributed by atoms with E-state index in [1.165, 1.54) is 5.56 Å². The predicted octanol–water partition coefficient (Wildman–Crippen LogP) is 7.94. The highest BCUT2D eigenvalue weighted by Crippen LogP contribution is 2.69. The third-order valence-corrected chi connectivity index (χ3v) is 13.8. The summed E-state index contributed by atoms with van der Waals surface area (Å²) in [5, 5.41) is 0. The molecule has 0 aliphatic heterocycles. The molecule has 0 amide bonds. The van der Waals surface area contributed by atoms with E-state index in [1.54, 1.807) is 7.11 Å². The van der Waals surface area contributed by atoms with Crippen LogP contribution >= 0.6 is 23.2 Å². The molecule has 0 spiro atoms. The molecule has 0 unspecified atom stereocenters. The Bertz CT molecular complexity index is 693. The highest BCUT2D eigenvalue weighted by Gasteiger charge is 2.77. The van der Waals surface area contributed by atoms with Gasteiger partial charge in [0, 0.05) is 5.92 Å². The number of hydrogen-bond donors (Lipinski definition) is 0. The van der Waals surface area contributed by atoms with Crippen LogP contribution in [0, 0.1) is 5.92 Å². The van der Waals surface area contributed by atoms with Crippen LogP contribution in [0.1, 0.15) is 60.5 Å². The van der Waals surface area contributed by atoms with Crippen LogP contribution in [0.5, 0.6) is 5.75 Å². The summed E-state index contributed by atoms with van der Waals surface area (Å²) in [7, 11) is -0.472. The van der Waals surface area contributed by atoms with Crippen molar-refractivity contribution in [3.05, 3.63) is 42.0 Å². The van der Waals surface area contributed by atoms with Crippen LogP contribution in [-0.2, 0) is 10.8 Å². The summed E-state index contributed by atoms with van der Waals surface area (Å²) in [5.74, 6) is 0.861. The molecule has 2 rings (SSSR count). The molecule has 1 fully saturated rings. The van der Waals surface area contributed by atoms with Crippen molar-refractivity contribution in [3.63, 3.8) is 0 Å². The molecular formula is C24H38Cl2O2Si. The van der Waals surface area contributed by atoms with Crippen LogP contribution in [0.4, 0.5) is 0 Å². The molecule has 29 heavy (non-hydrogen) atoms. The zero-order chi connectivity index (χ0) is 22.0. The Morgan fingerprint density at radius 1 is 1.07 bits per heavy atom. The highest BCUT2D eigenvalue weighted by atomic mass is 35.5. The van der Waals surface area contributed by atoms with Crippen LogP contribution in [0.25, 0.3) is 0 Å². The van der Waals surface area contributed by atoms with Crippen molar-refractivity contribution < 1.29 is 9.16 Å². The van der Waals surface area contributed by atoms with Gasteiger partial charge in [0.2, 0.25) is 8.32 Å².